The lowest BCUT2D eigenvalue weighted by Gasteiger charge is -2.36. The predicted molar refractivity (Wildman–Crippen MR) is 66.2 cm³/mol. The lowest BCUT2D eigenvalue weighted by atomic mass is 9.87. The molecule has 96 valence electrons. The molecule has 17 heavy (non-hydrogen) atoms. The lowest BCUT2D eigenvalue weighted by molar-refractivity contribution is -0.106. The lowest BCUT2D eigenvalue weighted by Crippen LogP contribution is -2.39. The van der Waals surface area contributed by atoms with Gasteiger partial charge in [0.15, 0.2) is 0 Å². The minimum absolute atomic E-state index is 0.0420. The van der Waals surface area contributed by atoms with Crippen molar-refractivity contribution in [2.24, 2.45) is 0 Å². The fourth-order valence-corrected chi connectivity index (χ4v) is 2.75. The largest absolute Gasteiger partial charge is 0.383 e. The summed E-state index contributed by atoms with van der Waals surface area (Å²) < 4.78 is 7.28. The fourth-order valence-electron chi connectivity index (χ4n) is 2.45. The summed E-state index contributed by atoms with van der Waals surface area (Å²) in [6.45, 7) is 6.57. The summed E-state index contributed by atoms with van der Waals surface area (Å²) in [5.74, 6) is 0. The van der Waals surface area contributed by atoms with E-state index >= 15 is 0 Å². The van der Waals surface area contributed by atoms with Gasteiger partial charge in [-0.15, -0.1) is 0 Å². The van der Waals surface area contributed by atoms with Gasteiger partial charge in [-0.3, -0.25) is 4.68 Å². The molecule has 1 aliphatic heterocycles. The molecule has 2 unspecified atom stereocenters. The van der Waals surface area contributed by atoms with Crippen LogP contribution in [0.15, 0.2) is 6.20 Å². The van der Waals surface area contributed by atoms with E-state index in [4.69, 9.17) is 16.3 Å². The molecule has 5 heteroatoms. The van der Waals surface area contributed by atoms with E-state index in [0.29, 0.717) is 24.5 Å². The van der Waals surface area contributed by atoms with Gasteiger partial charge in [-0.25, -0.2) is 0 Å². The molecule has 0 bridgehead atoms. The van der Waals surface area contributed by atoms with Gasteiger partial charge < -0.3 is 9.84 Å². The second kappa shape index (κ2) is 4.59. The van der Waals surface area contributed by atoms with Crippen LogP contribution in [0.25, 0.3) is 0 Å². The van der Waals surface area contributed by atoms with Gasteiger partial charge in [0.2, 0.25) is 0 Å². The molecule has 1 aromatic rings. The number of ether oxygens (including phenoxy) is 1. The Morgan fingerprint density at radius 1 is 1.65 bits per heavy atom. The molecule has 2 atom stereocenters. The van der Waals surface area contributed by atoms with Gasteiger partial charge >= 0.3 is 0 Å². The van der Waals surface area contributed by atoms with Crippen LogP contribution in [0, 0.1) is 0 Å². The Balaban J connectivity index is 2.41. The van der Waals surface area contributed by atoms with Gasteiger partial charge in [-0.1, -0.05) is 11.6 Å². The molecule has 0 radical (unpaired) electrons. The van der Waals surface area contributed by atoms with Gasteiger partial charge in [0, 0.05) is 18.9 Å². The summed E-state index contributed by atoms with van der Waals surface area (Å²) in [6, 6.07) is 0.180. The summed E-state index contributed by atoms with van der Waals surface area (Å²) in [5.41, 5.74) is -0.195. The Labute approximate surface area is 107 Å². The van der Waals surface area contributed by atoms with Crippen molar-refractivity contribution in [3.63, 3.8) is 0 Å². The maximum atomic E-state index is 10.8. The van der Waals surface area contributed by atoms with Gasteiger partial charge in [-0.05, 0) is 20.8 Å². The van der Waals surface area contributed by atoms with E-state index in [1.165, 1.54) is 0 Å². The Bertz CT molecular complexity index is 405. The molecule has 0 aliphatic carbocycles. The summed E-state index contributed by atoms with van der Waals surface area (Å²) in [4.78, 5) is 0. The molecule has 1 saturated heterocycles. The van der Waals surface area contributed by atoms with E-state index in [-0.39, 0.29) is 12.1 Å². The van der Waals surface area contributed by atoms with E-state index < -0.39 is 5.60 Å². The number of nitrogens with zero attached hydrogens (tertiary/aromatic N) is 2. The highest BCUT2D eigenvalue weighted by atomic mass is 35.5. The SMILES string of the molecule is CC1CC(O)(c2c(Cl)cnn2C(C)C)CCO1. The van der Waals surface area contributed by atoms with Crippen LogP contribution in [-0.2, 0) is 10.3 Å². The molecule has 1 N–H and O–H groups in total. The summed E-state index contributed by atoms with van der Waals surface area (Å²) in [5, 5.41) is 15.6. The Kier molecular flexibility index (Phi) is 3.48. The molecule has 1 fully saturated rings. The van der Waals surface area contributed by atoms with Crippen LogP contribution in [0.4, 0.5) is 0 Å². The normalized spacial score (nSPS) is 29.9. The minimum atomic E-state index is -0.921. The molecule has 2 rings (SSSR count). The first-order chi connectivity index (χ1) is 7.94. The van der Waals surface area contributed by atoms with Crippen molar-refractivity contribution in [1.82, 2.24) is 9.78 Å². The van der Waals surface area contributed by atoms with Crippen molar-refractivity contribution in [3.05, 3.63) is 16.9 Å². The van der Waals surface area contributed by atoms with Crippen LogP contribution in [0.5, 0.6) is 0 Å². The van der Waals surface area contributed by atoms with Crippen LogP contribution >= 0.6 is 11.6 Å². The standard InChI is InChI=1S/C12H19ClN2O2/c1-8(2)15-11(10(13)7-14-15)12(16)4-5-17-9(3)6-12/h7-9,16H,4-6H2,1-3H3. The van der Waals surface area contributed by atoms with Crippen LogP contribution in [0.2, 0.25) is 5.02 Å². The van der Waals surface area contributed by atoms with Gasteiger partial charge in [0.25, 0.3) is 0 Å². The van der Waals surface area contributed by atoms with Crippen molar-refractivity contribution in [2.75, 3.05) is 6.61 Å². The summed E-state index contributed by atoms with van der Waals surface area (Å²) >= 11 is 6.18. The monoisotopic (exact) mass is 258 g/mol. The highest BCUT2D eigenvalue weighted by molar-refractivity contribution is 6.31. The van der Waals surface area contributed by atoms with Gasteiger partial charge in [0.1, 0.15) is 5.60 Å². The quantitative estimate of drug-likeness (QED) is 0.887. The van der Waals surface area contributed by atoms with Gasteiger partial charge in [0.05, 0.1) is 29.6 Å². The maximum Gasteiger partial charge on any atom is 0.112 e. The zero-order valence-electron chi connectivity index (χ0n) is 10.5. The number of hydrogen-bond donors (Lipinski definition) is 1. The van der Waals surface area contributed by atoms with Crippen molar-refractivity contribution >= 4 is 11.6 Å². The van der Waals surface area contributed by atoms with Crippen molar-refractivity contribution in [2.45, 2.75) is 51.4 Å². The first kappa shape index (κ1) is 12.9. The molecule has 1 aromatic heterocycles. The molecule has 1 aliphatic rings. The predicted octanol–water partition coefficient (Wildman–Crippen LogP) is 2.50. The first-order valence-electron chi connectivity index (χ1n) is 6.01. The van der Waals surface area contributed by atoms with Crippen molar-refractivity contribution in [1.29, 1.82) is 0 Å². The fraction of sp³-hybridized carbons (Fsp3) is 0.750. The average Bonchev–Trinajstić information content (AvgIpc) is 2.60. The molecule has 0 spiro atoms. The molecule has 0 saturated carbocycles. The van der Waals surface area contributed by atoms with E-state index in [2.05, 4.69) is 5.10 Å². The van der Waals surface area contributed by atoms with E-state index in [1.54, 1.807) is 10.9 Å². The molecule has 4 nitrogen and oxygen atoms in total. The third kappa shape index (κ3) is 2.34. The zero-order chi connectivity index (χ0) is 12.6. The van der Waals surface area contributed by atoms with E-state index in [1.807, 2.05) is 20.8 Å². The maximum absolute atomic E-state index is 10.8. The number of aromatic nitrogens is 2. The zero-order valence-corrected chi connectivity index (χ0v) is 11.2. The summed E-state index contributed by atoms with van der Waals surface area (Å²) in [6.07, 6.45) is 2.77. The van der Waals surface area contributed by atoms with Crippen LogP contribution in [0.3, 0.4) is 0 Å². The number of aliphatic hydroxyl groups is 1. The van der Waals surface area contributed by atoms with Crippen LogP contribution < -0.4 is 0 Å². The number of rotatable bonds is 2. The smallest absolute Gasteiger partial charge is 0.112 e. The molecular weight excluding hydrogens is 240 g/mol. The van der Waals surface area contributed by atoms with Crippen LogP contribution in [-0.4, -0.2) is 27.6 Å². The van der Waals surface area contributed by atoms with E-state index in [9.17, 15) is 5.11 Å². The number of halogens is 1. The van der Waals surface area contributed by atoms with E-state index in [0.717, 1.165) is 5.69 Å². The third-order valence-corrected chi connectivity index (χ3v) is 3.50. The number of hydrogen-bond acceptors (Lipinski definition) is 3. The highest BCUT2D eigenvalue weighted by Gasteiger charge is 2.39. The first-order valence-corrected chi connectivity index (χ1v) is 6.39. The Morgan fingerprint density at radius 2 is 2.35 bits per heavy atom. The third-order valence-electron chi connectivity index (χ3n) is 3.22. The van der Waals surface area contributed by atoms with Crippen molar-refractivity contribution < 1.29 is 9.84 Å². The highest BCUT2D eigenvalue weighted by Crippen LogP contribution is 2.39. The molecule has 2 heterocycles. The summed E-state index contributed by atoms with van der Waals surface area (Å²) in [7, 11) is 0. The van der Waals surface area contributed by atoms with Gasteiger partial charge in [-0.2, -0.15) is 5.10 Å². The second-order valence-corrected chi connectivity index (χ2v) is 5.45. The Hall–Kier alpha value is -0.580. The average molecular weight is 259 g/mol. The van der Waals surface area contributed by atoms with Crippen LogP contribution in [0.1, 0.15) is 45.3 Å². The Morgan fingerprint density at radius 3 is 2.94 bits per heavy atom. The minimum Gasteiger partial charge on any atom is -0.383 e. The molecule has 0 aromatic carbocycles. The van der Waals surface area contributed by atoms with Crippen molar-refractivity contribution in [3.8, 4) is 0 Å². The molecule has 0 amide bonds. The molecular formula is C12H19ClN2O2. The second-order valence-electron chi connectivity index (χ2n) is 5.05. The topological polar surface area (TPSA) is 47.3 Å².